The standard InChI is InChI=1S/C15H17FN6O3S/c1-9-14(22(24)25)10(2)20(18-9)8-7-13(23)19-21(15(17)26)12-5-3-11(16)4-6-12/h3-6H,7-8H2,1-2H3,(H2,17,26)(H,19,23). The largest absolute Gasteiger partial charge is 0.374 e. The van der Waals surface area contributed by atoms with E-state index >= 15 is 0 Å². The van der Waals surface area contributed by atoms with Gasteiger partial charge in [-0.3, -0.25) is 25.0 Å². The lowest BCUT2D eigenvalue weighted by molar-refractivity contribution is -0.386. The van der Waals surface area contributed by atoms with Crippen LogP contribution < -0.4 is 16.2 Å². The van der Waals surface area contributed by atoms with Crippen molar-refractivity contribution in [3.63, 3.8) is 0 Å². The molecule has 9 nitrogen and oxygen atoms in total. The zero-order chi connectivity index (χ0) is 19.4. The Balaban J connectivity index is 2.05. The Morgan fingerprint density at radius 3 is 2.54 bits per heavy atom. The molecule has 0 aliphatic carbocycles. The van der Waals surface area contributed by atoms with Gasteiger partial charge in [0, 0.05) is 6.42 Å². The number of hydrogen-bond donors (Lipinski definition) is 2. The number of hydrazine groups is 1. The summed E-state index contributed by atoms with van der Waals surface area (Å²) in [6.45, 7) is 3.24. The van der Waals surface area contributed by atoms with Gasteiger partial charge in [0.05, 0.1) is 17.2 Å². The van der Waals surface area contributed by atoms with Crippen LogP contribution in [0, 0.1) is 29.8 Å². The zero-order valence-corrected chi connectivity index (χ0v) is 14.9. The Bertz CT molecular complexity index is 852. The number of hydrogen-bond acceptors (Lipinski definition) is 5. The number of aromatic nitrogens is 2. The van der Waals surface area contributed by atoms with Crippen LogP contribution >= 0.6 is 12.2 Å². The van der Waals surface area contributed by atoms with Crippen molar-refractivity contribution in [2.75, 3.05) is 5.01 Å². The lowest BCUT2D eigenvalue weighted by Crippen LogP contribution is -2.49. The summed E-state index contributed by atoms with van der Waals surface area (Å²) in [7, 11) is 0. The van der Waals surface area contributed by atoms with Crippen molar-refractivity contribution in [1.82, 2.24) is 15.2 Å². The smallest absolute Gasteiger partial charge is 0.312 e. The second kappa shape index (κ2) is 7.87. The van der Waals surface area contributed by atoms with Crippen LogP contribution in [0.4, 0.5) is 15.8 Å². The molecule has 0 fully saturated rings. The maximum atomic E-state index is 13.0. The fourth-order valence-electron chi connectivity index (χ4n) is 2.39. The first kappa shape index (κ1) is 19.2. The minimum atomic E-state index is -0.503. The molecule has 0 bridgehead atoms. The van der Waals surface area contributed by atoms with Crippen LogP contribution in [0.25, 0.3) is 0 Å². The minimum absolute atomic E-state index is 0.0145. The minimum Gasteiger partial charge on any atom is -0.374 e. The van der Waals surface area contributed by atoms with Crippen molar-refractivity contribution < 1.29 is 14.1 Å². The van der Waals surface area contributed by atoms with E-state index in [-0.39, 0.29) is 29.5 Å². The molecule has 0 radical (unpaired) electrons. The second-order valence-electron chi connectivity index (χ2n) is 5.43. The number of nitrogens with zero attached hydrogens (tertiary/aromatic N) is 4. The highest BCUT2D eigenvalue weighted by Gasteiger charge is 2.22. The number of nitrogens with two attached hydrogens (primary N) is 1. The highest BCUT2D eigenvalue weighted by Crippen LogP contribution is 2.21. The van der Waals surface area contributed by atoms with E-state index in [2.05, 4.69) is 10.5 Å². The average molecular weight is 380 g/mol. The van der Waals surface area contributed by atoms with Gasteiger partial charge in [0.2, 0.25) is 5.91 Å². The van der Waals surface area contributed by atoms with Gasteiger partial charge < -0.3 is 5.73 Å². The summed E-state index contributed by atoms with van der Waals surface area (Å²) >= 11 is 4.90. The molecule has 0 atom stereocenters. The van der Waals surface area contributed by atoms with Crippen molar-refractivity contribution in [2.45, 2.75) is 26.8 Å². The molecule has 0 aliphatic rings. The van der Waals surface area contributed by atoms with Gasteiger partial charge in [-0.15, -0.1) is 0 Å². The molecule has 0 saturated carbocycles. The van der Waals surface area contributed by atoms with Crippen molar-refractivity contribution in [3.8, 4) is 0 Å². The Morgan fingerprint density at radius 1 is 1.42 bits per heavy atom. The van der Waals surface area contributed by atoms with Crippen molar-refractivity contribution in [2.24, 2.45) is 5.73 Å². The molecule has 1 aromatic carbocycles. The van der Waals surface area contributed by atoms with E-state index in [9.17, 15) is 19.3 Å². The van der Waals surface area contributed by atoms with E-state index in [4.69, 9.17) is 18.0 Å². The summed E-state index contributed by atoms with van der Waals surface area (Å²) < 4.78 is 14.4. The van der Waals surface area contributed by atoms with Crippen LogP contribution in [-0.4, -0.2) is 25.7 Å². The number of nitrogens with one attached hydrogen (secondary N) is 1. The van der Waals surface area contributed by atoms with Crippen molar-refractivity contribution in [1.29, 1.82) is 0 Å². The number of amides is 1. The molecule has 1 heterocycles. The van der Waals surface area contributed by atoms with Gasteiger partial charge in [-0.25, -0.2) is 9.40 Å². The third-order valence-electron chi connectivity index (χ3n) is 3.62. The third-order valence-corrected chi connectivity index (χ3v) is 3.80. The number of halogens is 1. The van der Waals surface area contributed by atoms with Gasteiger partial charge in [-0.05, 0) is 50.3 Å². The summed E-state index contributed by atoms with van der Waals surface area (Å²) in [5.41, 5.74) is 9.09. The lowest BCUT2D eigenvalue weighted by Gasteiger charge is -2.23. The van der Waals surface area contributed by atoms with E-state index in [0.717, 1.165) is 5.01 Å². The van der Waals surface area contributed by atoms with Crippen LogP contribution in [0.15, 0.2) is 24.3 Å². The molecule has 1 amide bonds. The molecule has 0 saturated heterocycles. The first-order valence-corrected chi connectivity index (χ1v) is 7.94. The van der Waals surface area contributed by atoms with Gasteiger partial charge in [0.1, 0.15) is 17.2 Å². The van der Waals surface area contributed by atoms with Gasteiger partial charge in [0.25, 0.3) is 0 Å². The summed E-state index contributed by atoms with van der Waals surface area (Å²) in [5, 5.41) is 16.1. The van der Waals surface area contributed by atoms with Gasteiger partial charge in [-0.1, -0.05) is 0 Å². The third kappa shape index (κ3) is 4.30. The van der Waals surface area contributed by atoms with Gasteiger partial charge >= 0.3 is 5.69 Å². The lowest BCUT2D eigenvalue weighted by atomic mass is 10.3. The molecular formula is C15H17FN6O3S. The average Bonchev–Trinajstić information content (AvgIpc) is 2.85. The van der Waals surface area contributed by atoms with Crippen molar-refractivity contribution >= 4 is 34.6 Å². The zero-order valence-electron chi connectivity index (χ0n) is 14.1. The SMILES string of the molecule is Cc1nn(CCC(=O)NN(C(N)=S)c2ccc(F)cc2)c(C)c1[N+](=O)[O-]. The number of carbonyl (C=O) groups excluding carboxylic acids is 1. The molecule has 3 N–H and O–H groups in total. The number of rotatable bonds is 5. The molecule has 0 spiro atoms. The quantitative estimate of drug-likeness (QED) is 0.460. The number of benzene rings is 1. The Labute approximate surface area is 153 Å². The Kier molecular flexibility index (Phi) is 5.82. The summed E-state index contributed by atoms with van der Waals surface area (Å²) in [6.07, 6.45) is -0.0145. The first-order chi connectivity index (χ1) is 12.2. The molecule has 26 heavy (non-hydrogen) atoms. The summed E-state index contributed by atoms with van der Waals surface area (Å²) in [6, 6.07) is 5.25. The highest BCUT2D eigenvalue weighted by molar-refractivity contribution is 7.80. The van der Waals surface area contributed by atoms with Gasteiger partial charge in [0.15, 0.2) is 5.11 Å². The molecule has 1 aromatic heterocycles. The highest BCUT2D eigenvalue weighted by atomic mass is 32.1. The molecule has 11 heteroatoms. The van der Waals surface area contributed by atoms with Crippen LogP contribution in [0.1, 0.15) is 17.8 Å². The molecule has 0 aliphatic heterocycles. The molecule has 0 unspecified atom stereocenters. The Morgan fingerprint density at radius 2 is 2.04 bits per heavy atom. The number of carbonyl (C=O) groups is 1. The van der Waals surface area contributed by atoms with Crippen molar-refractivity contribution in [3.05, 3.63) is 51.6 Å². The van der Waals surface area contributed by atoms with Crippen LogP contribution in [-0.2, 0) is 11.3 Å². The van der Waals surface area contributed by atoms with Gasteiger partial charge in [-0.2, -0.15) is 5.10 Å². The van der Waals surface area contributed by atoms with Crippen LogP contribution in [0.2, 0.25) is 0 Å². The first-order valence-electron chi connectivity index (χ1n) is 7.53. The molecular weight excluding hydrogens is 363 g/mol. The normalized spacial score (nSPS) is 10.4. The number of anilines is 1. The van der Waals surface area contributed by atoms with E-state index in [1.807, 2.05) is 0 Å². The fourth-order valence-corrected chi connectivity index (χ4v) is 2.55. The van der Waals surface area contributed by atoms with E-state index < -0.39 is 16.6 Å². The Hall–Kier alpha value is -3.08. The molecule has 138 valence electrons. The van der Waals surface area contributed by atoms with E-state index in [0.29, 0.717) is 11.4 Å². The van der Waals surface area contributed by atoms with Crippen LogP contribution in [0.3, 0.4) is 0 Å². The fraction of sp³-hybridized carbons (Fsp3) is 0.267. The predicted molar refractivity (Wildman–Crippen MR) is 96.8 cm³/mol. The summed E-state index contributed by atoms with van der Waals surface area (Å²) in [5.74, 6) is -0.869. The number of aryl methyl sites for hydroxylation is 2. The number of thiocarbonyl (C=S) groups is 1. The predicted octanol–water partition coefficient (Wildman–Crippen LogP) is 1.72. The maximum Gasteiger partial charge on any atom is 0.312 e. The topological polar surface area (TPSA) is 119 Å². The van der Waals surface area contributed by atoms with Crippen LogP contribution in [0.5, 0.6) is 0 Å². The maximum absolute atomic E-state index is 13.0. The number of nitro groups is 1. The summed E-state index contributed by atoms with van der Waals surface area (Å²) in [4.78, 5) is 22.7. The second-order valence-corrected chi connectivity index (χ2v) is 5.85. The molecule has 2 rings (SSSR count). The van der Waals surface area contributed by atoms with E-state index in [1.54, 1.807) is 6.92 Å². The molecule has 2 aromatic rings. The monoisotopic (exact) mass is 380 g/mol. The van der Waals surface area contributed by atoms with E-state index in [1.165, 1.54) is 35.9 Å².